The monoisotopic (exact) mass is 481 g/mol. The Labute approximate surface area is 162 Å². The van der Waals surface area contributed by atoms with Crippen LogP contribution in [0.5, 0.6) is 0 Å². The van der Waals surface area contributed by atoms with E-state index in [1.165, 1.54) is 17.7 Å². The highest BCUT2D eigenvalue weighted by Crippen LogP contribution is 2.66. The number of nitrogens with zero attached hydrogens (tertiary/aromatic N) is 2. The van der Waals surface area contributed by atoms with Crippen LogP contribution in [0.2, 0.25) is 0 Å². The Morgan fingerprint density at radius 2 is 1.86 bits per heavy atom. The molecule has 1 aromatic heterocycles. The minimum atomic E-state index is -5.65. The average Bonchev–Trinajstić information content (AvgIpc) is 2.86. The number of hydrogen-bond acceptors (Lipinski definition) is 11. The van der Waals surface area contributed by atoms with E-state index in [4.69, 9.17) is 25.2 Å². The standard InChI is InChI=1S/C10H18N3O13P3/c1-5-3-13(10(11)12-9(5)15)8-2-6(14)7(24-8)4-23-28(19,20)26-29(21,22)25-27(16,17)18/h3,6-8,14H,2,4H2,1H3,(H,19,20)(H,21,22)(H2,11,12,15)(H2,16,17,18)/t6-,7+,8+/m0/s1. The van der Waals surface area contributed by atoms with Crippen LogP contribution in [-0.4, -0.2) is 53.0 Å². The second kappa shape index (κ2) is 8.63. The van der Waals surface area contributed by atoms with E-state index in [1.54, 1.807) is 0 Å². The summed E-state index contributed by atoms with van der Waals surface area (Å²) in [4.78, 5) is 50.5. The Bertz CT molecular complexity index is 960. The Balaban J connectivity index is 2.02. The highest BCUT2D eigenvalue weighted by atomic mass is 31.3. The molecule has 2 unspecified atom stereocenters. The van der Waals surface area contributed by atoms with Gasteiger partial charge in [0.1, 0.15) is 12.3 Å². The fraction of sp³-hybridized carbons (Fsp3) is 0.600. The number of aliphatic hydroxyl groups excluding tert-OH is 1. The van der Waals surface area contributed by atoms with Crippen molar-refractivity contribution < 1.29 is 56.3 Å². The van der Waals surface area contributed by atoms with Crippen molar-refractivity contribution >= 4 is 29.4 Å². The van der Waals surface area contributed by atoms with Gasteiger partial charge in [0.05, 0.1) is 12.7 Å². The van der Waals surface area contributed by atoms with Crippen LogP contribution in [0.4, 0.5) is 5.95 Å². The van der Waals surface area contributed by atoms with E-state index in [1.807, 2.05) is 0 Å². The van der Waals surface area contributed by atoms with Gasteiger partial charge in [-0.3, -0.25) is 13.9 Å². The SMILES string of the molecule is Cc1cn([C@H]2C[C@H](O)[C@@H](COP(=O)(O)OP(=O)(O)OP(=O)(O)O)O2)c(N)nc1=O. The zero-order chi connectivity index (χ0) is 22.2. The number of ether oxygens (including phenoxy) is 1. The molecule has 19 heteroatoms. The van der Waals surface area contributed by atoms with E-state index in [0.717, 1.165) is 0 Å². The van der Waals surface area contributed by atoms with Crippen LogP contribution in [0.15, 0.2) is 11.0 Å². The summed E-state index contributed by atoms with van der Waals surface area (Å²) in [6, 6.07) is 0. The molecule has 1 aliphatic rings. The van der Waals surface area contributed by atoms with Crippen molar-refractivity contribution in [3.05, 3.63) is 22.1 Å². The molecule has 5 atom stereocenters. The summed E-state index contributed by atoms with van der Waals surface area (Å²) in [7, 11) is -16.5. The molecule has 0 amide bonds. The molecule has 7 N–H and O–H groups in total. The molecule has 16 nitrogen and oxygen atoms in total. The van der Waals surface area contributed by atoms with Crippen molar-refractivity contribution in [3.63, 3.8) is 0 Å². The first-order chi connectivity index (χ1) is 13.1. The van der Waals surface area contributed by atoms with Crippen LogP contribution in [0.3, 0.4) is 0 Å². The van der Waals surface area contributed by atoms with Gasteiger partial charge in [-0.05, 0) is 6.92 Å². The normalized spacial score (nSPS) is 26.8. The van der Waals surface area contributed by atoms with Gasteiger partial charge >= 0.3 is 23.5 Å². The number of rotatable bonds is 8. The van der Waals surface area contributed by atoms with Crippen molar-refractivity contribution in [2.24, 2.45) is 0 Å². The summed E-state index contributed by atoms with van der Waals surface area (Å²) < 4.78 is 51.8. The molecule has 0 bridgehead atoms. The molecule has 2 heterocycles. The third kappa shape index (κ3) is 7.03. The maximum Gasteiger partial charge on any atom is 0.490 e. The van der Waals surface area contributed by atoms with Gasteiger partial charge in [0.15, 0.2) is 0 Å². The highest BCUT2D eigenvalue weighted by molar-refractivity contribution is 7.66. The predicted octanol–water partition coefficient (Wildman–Crippen LogP) is -0.874. The summed E-state index contributed by atoms with van der Waals surface area (Å²) in [5, 5.41) is 10.0. The van der Waals surface area contributed by atoms with E-state index in [2.05, 4.69) is 18.1 Å². The molecule has 0 saturated carbocycles. The zero-order valence-corrected chi connectivity index (χ0v) is 17.2. The maximum absolute atomic E-state index is 11.7. The Morgan fingerprint density at radius 3 is 2.45 bits per heavy atom. The molecule has 166 valence electrons. The van der Waals surface area contributed by atoms with Gasteiger partial charge in [0, 0.05) is 18.2 Å². The van der Waals surface area contributed by atoms with E-state index >= 15 is 0 Å². The van der Waals surface area contributed by atoms with E-state index < -0.39 is 54.1 Å². The van der Waals surface area contributed by atoms with Gasteiger partial charge < -0.3 is 35.2 Å². The third-order valence-corrected chi connectivity index (χ3v) is 7.29. The number of hydrogen-bond donors (Lipinski definition) is 6. The fourth-order valence-corrected chi connectivity index (χ4v) is 5.35. The molecule has 0 aromatic carbocycles. The second-order valence-corrected chi connectivity index (χ2v) is 10.2. The molecular weight excluding hydrogens is 463 g/mol. The number of nitrogens with two attached hydrogens (primary N) is 1. The molecule has 0 spiro atoms. The summed E-state index contributed by atoms with van der Waals surface area (Å²) in [5.41, 5.74) is 5.33. The van der Waals surface area contributed by atoms with Crippen molar-refractivity contribution in [2.45, 2.75) is 31.8 Å². The summed E-state index contributed by atoms with van der Waals surface area (Å²) in [5.74, 6) is -0.202. The lowest BCUT2D eigenvalue weighted by atomic mass is 10.2. The van der Waals surface area contributed by atoms with Gasteiger partial charge in [-0.25, -0.2) is 13.7 Å². The quantitative estimate of drug-likeness (QED) is 0.247. The number of phosphoric acid groups is 3. The van der Waals surface area contributed by atoms with Crippen molar-refractivity contribution in [2.75, 3.05) is 12.3 Å². The first-order valence-corrected chi connectivity index (χ1v) is 12.1. The molecule has 1 fully saturated rings. The van der Waals surface area contributed by atoms with Crippen LogP contribution >= 0.6 is 23.5 Å². The topological polar surface area (TPSA) is 250 Å². The summed E-state index contributed by atoms with van der Waals surface area (Å²) >= 11 is 0. The lowest BCUT2D eigenvalue weighted by Gasteiger charge is -2.20. The molecule has 1 aliphatic heterocycles. The van der Waals surface area contributed by atoms with Crippen LogP contribution in [-0.2, 0) is 31.6 Å². The van der Waals surface area contributed by atoms with Crippen LogP contribution in [0, 0.1) is 6.92 Å². The van der Waals surface area contributed by atoms with E-state index in [0.29, 0.717) is 0 Å². The highest BCUT2D eigenvalue weighted by Gasteiger charge is 2.42. The summed E-state index contributed by atoms with van der Waals surface area (Å²) in [6.45, 7) is 0.650. The Hall–Kier alpha value is -0.990. The van der Waals surface area contributed by atoms with Gasteiger partial charge in [0.2, 0.25) is 5.95 Å². The van der Waals surface area contributed by atoms with Crippen LogP contribution in [0.1, 0.15) is 18.2 Å². The number of aryl methyl sites for hydroxylation is 1. The van der Waals surface area contributed by atoms with E-state index in [-0.39, 0.29) is 17.9 Å². The number of aromatic nitrogens is 2. The second-order valence-electron chi connectivity index (χ2n) is 5.81. The van der Waals surface area contributed by atoms with Crippen molar-refractivity contribution in [1.82, 2.24) is 9.55 Å². The Morgan fingerprint density at radius 1 is 1.24 bits per heavy atom. The van der Waals surface area contributed by atoms with Gasteiger partial charge in [-0.2, -0.15) is 13.6 Å². The minimum Gasteiger partial charge on any atom is -0.390 e. The number of anilines is 1. The average molecular weight is 481 g/mol. The lowest BCUT2D eigenvalue weighted by molar-refractivity contribution is -0.0432. The molecule has 0 aliphatic carbocycles. The van der Waals surface area contributed by atoms with Gasteiger partial charge in [-0.1, -0.05) is 0 Å². The molecule has 1 aromatic rings. The molecule has 29 heavy (non-hydrogen) atoms. The first kappa shape index (κ1) is 24.3. The predicted molar refractivity (Wildman–Crippen MR) is 92.0 cm³/mol. The largest absolute Gasteiger partial charge is 0.490 e. The third-order valence-electron chi connectivity index (χ3n) is 3.48. The zero-order valence-electron chi connectivity index (χ0n) is 14.5. The number of nitrogen functional groups attached to an aromatic ring is 1. The van der Waals surface area contributed by atoms with E-state index in [9.17, 15) is 28.5 Å². The molecular formula is C10H18N3O13P3. The fourth-order valence-electron chi connectivity index (χ4n) is 2.32. The maximum atomic E-state index is 11.7. The van der Waals surface area contributed by atoms with Crippen LogP contribution in [0.25, 0.3) is 0 Å². The summed E-state index contributed by atoms with van der Waals surface area (Å²) in [6.07, 6.45) is -2.12. The Kier molecular flexibility index (Phi) is 7.23. The lowest BCUT2D eigenvalue weighted by Crippen LogP contribution is -2.26. The van der Waals surface area contributed by atoms with Crippen molar-refractivity contribution in [1.29, 1.82) is 0 Å². The number of phosphoric ester groups is 1. The van der Waals surface area contributed by atoms with Crippen LogP contribution < -0.4 is 11.3 Å². The molecule has 2 rings (SSSR count). The smallest absolute Gasteiger partial charge is 0.390 e. The van der Waals surface area contributed by atoms with Crippen molar-refractivity contribution in [3.8, 4) is 0 Å². The molecule has 0 radical (unpaired) electrons. The van der Waals surface area contributed by atoms with Gasteiger partial charge in [-0.15, -0.1) is 0 Å². The minimum absolute atomic E-state index is 0.0708. The van der Waals surface area contributed by atoms with Gasteiger partial charge in [0.25, 0.3) is 5.56 Å². The molecule has 1 saturated heterocycles. The first-order valence-electron chi connectivity index (χ1n) is 7.56. The number of aliphatic hydroxyl groups is 1.